The lowest BCUT2D eigenvalue weighted by molar-refractivity contribution is -0.141. The molecule has 0 radical (unpaired) electrons. The number of nitrogens with zero attached hydrogens (tertiary/aromatic N) is 2. The van der Waals surface area contributed by atoms with Gasteiger partial charge in [0, 0.05) is 18.5 Å². The number of esters is 1. The molecular formula is C17H25N3O4S. The lowest BCUT2D eigenvalue weighted by Crippen LogP contribution is -2.38. The number of thioether (sulfide) groups is 1. The molecule has 2 atom stereocenters. The van der Waals surface area contributed by atoms with Gasteiger partial charge in [0.25, 0.3) is 0 Å². The summed E-state index contributed by atoms with van der Waals surface area (Å²) in [4.78, 5) is 31.8. The Morgan fingerprint density at radius 3 is 2.68 bits per heavy atom. The van der Waals surface area contributed by atoms with E-state index < -0.39 is 12.0 Å². The van der Waals surface area contributed by atoms with Gasteiger partial charge in [0.1, 0.15) is 11.5 Å². The summed E-state index contributed by atoms with van der Waals surface area (Å²) in [6.07, 6.45) is 5.12. The first kappa shape index (κ1) is 21.0. The van der Waals surface area contributed by atoms with Gasteiger partial charge in [0.15, 0.2) is 6.04 Å². The van der Waals surface area contributed by atoms with Crippen LogP contribution < -0.4 is 5.32 Å². The lowest BCUT2D eigenvalue weighted by Gasteiger charge is -2.19. The van der Waals surface area contributed by atoms with Gasteiger partial charge >= 0.3 is 5.97 Å². The Morgan fingerprint density at radius 2 is 2.16 bits per heavy atom. The Morgan fingerprint density at radius 1 is 1.48 bits per heavy atom. The molecule has 1 aliphatic heterocycles. The number of carbonyl (C=O) groups excluding carboxylic acids is 2. The van der Waals surface area contributed by atoms with Crippen molar-refractivity contribution < 1.29 is 19.1 Å². The van der Waals surface area contributed by atoms with E-state index in [1.54, 1.807) is 24.6 Å². The Bertz CT molecular complexity index is 623. The Balaban J connectivity index is 3.08. The summed E-state index contributed by atoms with van der Waals surface area (Å²) in [5.74, 6) is 0.361. The van der Waals surface area contributed by atoms with Crippen molar-refractivity contribution in [3.8, 4) is 0 Å². The molecule has 1 rings (SSSR count). The molecule has 0 aromatic carbocycles. The maximum atomic E-state index is 11.8. The average molecular weight is 367 g/mol. The topological polar surface area (TPSA) is 89.4 Å². The molecule has 0 aromatic rings. The van der Waals surface area contributed by atoms with Gasteiger partial charge in [-0.3, -0.25) is 9.79 Å². The quantitative estimate of drug-likeness (QED) is 0.551. The molecule has 8 heteroatoms. The number of aliphatic imine (C=N–C) groups is 2. The van der Waals surface area contributed by atoms with Crippen LogP contribution in [-0.4, -0.2) is 49.4 Å². The van der Waals surface area contributed by atoms with Gasteiger partial charge in [-0.15, -0.1) is 11.8 Å². The van der Waals surface area contributed by atoms with Crippen LogP contribution in [0.1, 0.15) is 27.7 Å². The third-order valence-corrected chi connectivity index (χ3v) is 3.72. The van der Waals surface area contributed by atoms with Crippen molar-refractivity contribution in [1.29, 1.82) is 0 Å². The first-order valence-corrected chi connectivity index (χ1v) is 9.13. The first-order valence-electron chi connectivity index (χ1n) is 7.85. The second-order valence-electron chi connectivity index (χ2n) is 5.77. The molecule has 1 N–H and O–H groups in total. The van der Waals surface area contributed by atoms with Crippen LogP contribution in [0.2, 0.25) is 0 Å². The van der Waals surface area contributed by atoms with Crippen LogP contribution in [0.25, 0.3) is 0 Å². The zero-order valence-electron chi connectivity index (χ0n) is 15.4. The van der Waals surface area contributed by atoms with E-state index in [4.69, 9.17) is 9.47 Å². The molecular weight excluding hydrogens is 342 g/mol. The standard InChI is InChI=1S/C17H25N3O4S/c1-10(2)14(19-12(4)21)8-18-15(9-25-6)16-20-13(17(22)23-5)7-11(3)24-16/h7-10,13-14H,1-6H3,(H,19,21)/b15-9-,18-8?. The Hall–Kier alpha value is -2.09. The number of hydrogen-bond acceptors (Lipinski definition) is 7. The largest absolute Gasteiger partial charge is 0.467 e. The van der Waals surface area contributed by atoms with Gasteiger partial charge in [0.05, 0.1) is 13.2 Å². The Labute approximate surface area is 152 Å². The molecule has 0 bridgehead atoms. The van der Waals surface area contributed by atoms with Crippen molar-refractivity contribution in [1.82, 2.24) is 5.32 Å². The SMILES string of the molecule is COC(=O)C1C=C(C)OC(/C(=C/SC)N=CC(NC(C)=O)C(C)C)=N1. The molecule has 0 aliphatic carbocycles. The molecule has 0 saturated carbocycles. The van der Waals surface area contributed by atoms with Crippen molar-refractivity contribution in [3.63, 3.8) is 0 Å². The number of amides is 1. The number of ether oxygens (including phenoxy) is 2. The van der Waals surface area contributed by atoms with E-state index in [-0.39, 0.29) is 23.8 Å². The molecule has 0 saturated heterocycles. The average Bonchev–Trinajstić information content (AvgIpc) is 2.55. The van der Waals surface area contributed by atoms with E-state index in [9.17, 15) is 9.59 Å². The van der Waals surface area contributed by atoms with E-state index in [2.05, 4.69) is 15.3 Å². The Kier molecular flexibility index (Phi) is 8.40. The zero-order valence-corrected chi connectivity index (χ0v) is 16.2. The summed E-state index contributed by atoms with van der Waals surface area (Å²) < 4.78 is 10.4. The summed E-state index contributed by atoms with van der Waals surface area (Å²) in [5.41, 5.74) is 0.477. The fraction of sp³-hybridized carbons (Fsp3) is 0.529. The van der Waals surface area contributed by atoms with Crippen molar-refractivity contribution in [2.45, 2.75) is 39.8 Å². The van der Waals surface area contributed by atoms with Crippen LogP contribution in [0.4, 0.5) is 0 Å². The second-order valence-corrected chi connectivity index (χ2v) is 6.48. The van der Waals surface area contributed by atoms with E-state index in [0.717, 1.165) is 0 Å². The molecule has 0 fully saturated rings. The minimum absolute atomic E-state index is 0.128. The van der Waals surface area contributed by atoms with Crippen LogP contribution in [0.5, 0.6) is 0 Å². The van der Waals surface area contributed by atoms with E-state index in [0.29, 0.717) is 11.5 Å². The van der Waals surface area contributed by atoms with Gasteiger partial charge < -0.3 is 14.8 Å². The highest BCUT2D eigenvalue weighted by atomic mass is 32.2. The maximum absolute atomic E-state index is 11.8. The second kappa shape index (κ2) is 10.0. The van der Waals surface area contributed by atoms with E-state index in [1.807, 2.05) is 20.1 Å². The molecule has 1 amide bonds. The lowest BCUT2D eigenvalue weighted by atomic mass is 10.1. The highest BCUT2D eigenvalue weighted by Crippen LogP contribution is 2.18. The summed E-state index contributed by atoms with van der Waals surface area (Å²) in [6.45, 7) is 7.17. The van der Waals surface area contributed by atoms with Crippen molar-refractivity contribution in [2.75, 3.05) is 13.4 Å². The van der Waals surface area contributed by atoms with Crippen molar-refractivity contribution >= 4 is 35.8 Å². The number of allylic oxidation sites excluding steroid dienone is 1. The van der Waals surface area contributed by atoms with Crippen LogP contribution in [0, 0.1) is 5.92 Å². The smallest absolute Gasteiger partial charge is 0.334 e. The summed E-state index contributed by atoms with van der Waals surface area (Å²) in [7, 11) is 1.31. The fourth-order valence-electron chi connectivity index (χ4n) is 1.98. The van der Waals surface area contributed by atoms with Crippen LogP contribution in [0.15, 0.2) is 32.9 Å². The molecule has 7 nitrogen and oxygen atoms in total. The predicted molar refractivity (Wildman–Crippen MR) is 101 cm³/mol. The minimum atomic E-state index is -0.759. The minimum Gasteiger partial charge on any atom is -0.467 e. The highest BCUT2D eigenvalue weighted by molar-refractivity contribution is 8.01. The van der Waals surface area contributed by atoms with Crippen molar-refractivity contribution in [2.24, 2.45) is 15.9 Å². The number of rotatable bonds is 7. The zero-order chi connectivity index (χ0) is 19.0. The first-order chi connectivity index (χ1) is 11.8. The van der Waals surface area contributed by atoms with Crippen LogP contribution in [-0.2, 0) is 19.1 Å². The van der Waals surface area contributed by atoms with Gasteiger partial charge in [-0.25, -0.2) is 9.79 Å². The number of hydrogen-bond donors (Lipinski definition) is 1. The monoisotopic (exact) mass is 367 g/mol. The third-order valence-electron chi connectivity index (χ3n) is 3.26. The molecule has 1 heterocycles. The van der Waals surface area contributed by atoms with E-state index >= 15 is 0 Å². The summed E-state index contributed by atoms with van der Waals surface area (Å²) in [6, 6.07) is -0.981. The predicted octanol–water partition coefficient (Wildman–Crippen LogP) is 2.30. The molecule has 0 aromatic heterocycles. The molecule has 138 valence electrons. The summed E-state index contributed by atoms with van der Waals surface area (Å²) in [5, 5.41) is 4.61. The third kappa shape index (κ3) is 6.74. The van der Waals surface area contributed by atoms with Crippen LogP contribution >= 0.6 is 11.8 Å². The maximum Gasteiger partial charge on any atom is 0.334 e. The molecule has 25 heavy (non-hydrogen) atoms. The van der Waals surface area contributed by atoms with Crippen molar-refractivity contribution in [3.05, 3.63) is 22.9 Å². The van der Waals surface area contributed by atoms with Gasteiger partial charge in [-0.1, -0.05) is 13.8 Å². The fourth-order valence-corrected chi connectivity index (χ4v) is 2.36. The summed E-state index contributed by atoms with van der Waals surface area (Å²) >= 11 is 1.43. The van der Waals surface area contributed by atoms with Crippen LogP contribution in [0.3, 0.4) is 0 Å². The number of nitrogens with one attached hydrogen (secondary N) is 1. The van der Waals surface area contributed by atoms with Gasteiger partial charge in [0.2, 0.25) is 11.8 Å². The highest BCUT2D eigenvalue weighted by Gasteiger charge is 2.24. The van der Waals surface area contributed by atoms with Gasteiger partial charge in [-0.2, -0.15) is 0 Å². The number of carbonyl (C=O) groups is 2. The molecule has 1 aliphatic rings. The molecule has 0 spiro atoms. The van der Waals surface area contributed by atoms with Gasteiger partial charge in [-0.05, 0) is 25.2 Å². The van der Waals surface area contributed by atoms with E-state index in [1.165, 1.54) is 25.8 Å². The molecule has 2 unspecified atom stereocenters. The number of methoxy groups -OCH3 is 1. The normalized spacial score (nSPS) is 19.2.